The van der Waals surface area contributed by atoms with E-state index in [1.807, 2.05) is 18.2 Å². The van der Waals surface area contributed by atoms with Gasteiger partial charge in [0.2, 0.25) is 10.0 Å². The Labute approximate surface area is 99.0 Å². The lowest BCUT2D eigenvalue weighted by molar-refractivity contribution is 0.591. The third-order valence-electron chi connectivity index (χ3n) is 2.16. The fourth-order valence-electron chi connectivity index (χ4n) is 0.811. The number of hydrogen-bond donors (Lipinski definition) is 1. The Bertz CT molecular complexity index is 389. The van der Waals surface area contributed by atoms with E-state index in [1.54, 1.807) is 0 Å². The van der Waals surface area contributed by atoms with Gasteiger partial charge < -0.3 is 0 Å². The van der Waals surface area contributed by atoms with Crippen LogP contribution in [-0.2, 0) is 10.0 Å². The largest absolute Gasteiger partial charge is 0.213 e. The lowest BCUT2D eigenvalue weighted by Gasteiger charge is -2.03. The van der Waals surface area contributed by atoms with Gasteiger partial charge in [-0.15, -0.1) is 0 Å². The SMILES string of the molecule is C=C(/C=C\C=C(/C)C(C)C)CNS(C)(=O)=O. The third kappa shape index (κ3) is 8.44. The van der Waals surface area contributed by atoms with E-state index in [0.29, 0.717) is 5.92 Å². The van der Waals surface area contributed by atoms with Crippen LogP contribution in [0.4, 0.5) is 0 Å². The maximum Gasteiger partial charge on any atom is 0.209 e. The monoisotopic (exact) mass is 243 g/mol. The molecule has 0 aliphatic rings. The summed E-state index contributed by atoms with van der Waals surface area (Å²) >= 11 is 0. The molecule has 0 amide bonds. The van der Waals surface area contributed by atoms with Gasteiger partial charge in [-0.25, -0.2) is 13.1 Å². The zero-order valence-corrected chi connectivity index (χ0v) is 11.3. The van der Waals surface area contributed by atoms with Gasteiger partial charge in [0.1, 0.15) is 0 Å². The Hall–Kier alpha value is -0.870. The van der Waals surface area contributed by atoms with Crippen molar-refractivity contribution in [3.8, 4) is 0 Å². The number of sulfonamides is 1. The predicted octanol–water partition coefficient (Wildman–Crippen LogP) is 2.25. The highest BCUT2D eigenvalue weighted by molar-refractivity contribution is 7.88. The molecule has 16 heavy (non-hydrogen) atoms. The van der Waals surface area contributed by atoms with Gasteiger partial charge in [-0.05, 0) is 18.4 Å². The number of allylic oxidation sites excluding steroid dienone is 3. The van der Waals surface area contributed by atoms with Gasteiger partial charge in [-0.1, -0.05) is 44.2 Å². The van der Waals surface area contributed by atoms with Crippen molar-refractivity contribution in [1.29, 1.82) is 0 Å². The van der Waals surface area contributed by atoms with E-state index in [1.165, 1.54) is 5.57 Å². The van der Waals surface area contributed by atoms with Crippen molar-refractivity contribution in [2.45, 2.75) is 20.8 Å². The molecule has 0 unspecified atom stereocenters. The quantitative estimate of drug-likeness (QED) is 0.727. The van der Waals surface area contributed by atoms with Crippen molar-refractivity contribution in [1.82, 2.24) is 4.72 Å². The molecule has 4 heteroatoms. The van der Waals surface area contributed by atoms with E-state index < -0.39 is 10.0 Å². The molecule has 0 aromatic heterocycles. The topological polar surface area (TPSA) is 46.2 Å². The molecule has 1 N–H and O–H groups in total. The molecule has 0 aromatic carbocycles. The summed E-state index contributed by atoms with van der Waals surface area (Å²) in [7, 11) is -3.13. The number of hydrogen-bond acceptors (Lipinski definition) is 2. The van der Waals surface area contributed by atoms with E-state index >= 15 is 0 Å². The fourth-order valence-corrected chi connectivity index (χ4v) is 1.26. The van der Waals surface area contributed by atoms with Crippen LogP contribution in [0.3, 0.4) is 0 Å². The maximum absolute atomic E-state index is 10.8. The van der Waals surface area contributed by atoms with E-state index in [4.69, 9.17) is 0 Å². The molecule has 0 saturated carbocycles. The van der Waals surface area contributed by atoms with E-state index in [-0.39, 0.29) is 6.54 Å². The molecular formula is C12H21NO2S. The number of rotatable bonds is 6. The van der Waals surface area contributed by atoms with Gasteiger partial charge in [-0.2, -0.15) is 0 Å². The van der Waals surface area contributed by atoms with E-state index in [2.05, 4.69) is 32.1 Å². The molecule has 0 rings (SSSR count). The minimum Gasteiger partial charge on any atom is -0.213 e. The van der Waals surface area contributed by atoms with E-state index in [9.17, 15) is 8.42 Å². The summed E-state index contributed by atoms with van der Waals surface area (Å²) in [4.78, 5) is 0. The molecule has 0 aliphatic heterocycles. The average Bonchev–Trinajstić information content (AvgIpc) is 2.13. The van der Waals surface area contributed by atoms with Gasteiger partial charge in [-0.3, -0.25) is 0 Å². The van der Waals surface area contributed by atoms with E-state index in [0.717, 1.165) is 11.8 Å². The van der Waals surface area contributed by atoms with Gasteiger partial charge in [0.05, 0.1) is 6.26 Å². The average molecular weight is 243 g/mol. The molecule has 0 fully saturated rings. The highest BCUT2D eigenvalue weighted by atomic mass is 32.2. The Morgan fingerprint density at radius 3 is 2.44 bits per heavy atom. The van der Waals surface area contributed by atoms with Crippen molar-refractivity contribution >= 4 is 10.0 Å². The zero-order valence-electron chi connectivity index (χ0n) is 10.4. The fraction of sp³-hybridized carbons (Fsp3) is 0.500. The van der Waals surface area contributed by atoms with Crippen LogP contribution >= 0.6 is 0 Å². The molecule has 92 valence electrons. The van der Waals surface area contributed by atoms with Crippen molar-refractivity contribution in [2.75, 3.05) is 12.8 Å². The van der Waals surface area contributed by atoms with Crippen LogP contribution in [0.1, 0.15) is 20.8 Å². The molecule has 0 heterocycles. The van der Waals surface area contributed by atoms with Crippen molar-refractivity contribution in [3.05, 3.63) is 36.0 Å². The summed E-state index contributed by atoms with van der Waals surface area (Å²) in [5.41, 5.74) is 2.01. The summed E-state index contributed by atoms with van der Waals surface area (Å²) in [5.74, 6) is 0.520. The first-order valence-corrected chi connectivity index (χ1v) is 7.09. The van der Waals surface area contributed by atoms with Crippen LogP contribution in [0, 0.1) is 5.92 Å². The first-order valence-electron chi connectivity index (χ1n) is 5.19. The minimum absolute atomic E-state index is 0.254. The molecule has 0 saturated heterocycles. The van der Waals surface area contributed by atoms with Crippen LogP contribution in [-0.4, -0.2) is 21.2 Å². The van der Waals surface area contributed by atoms with Crippen molar-refractivity contribution in [3.63, 3.8) is 0 Å². The van der Waals surface area contributed by atoms with Crippen LogP contribution in [0.25, 0.3) is 0 Å². The van der Waals surface area contributed by atoms with Gasteiger partial charge in [0.25, 0.3) is 0 Å². The summed E-state index contributed by atoms with van der Waals surface area (Å²) in [5, 5.41) is 0. The van der Waals surface area contributed by atoms with Gasteiger partial charge in [0, 0.05) is 6.54 Å². The van der Waals surface area contributed by atoms with Crippen LogP contribution in [0.15, 0.2) is 36.0 Å². The second kappa shape index (κ2) is 6.66. The molecular weight excluding hydrogens is 222 g/mol. The molecule has 0 bridgehead atoms. The smallest absolute Gasteiger partial charge is 0.209 e. The highest BCUT2D eigenvalue weighted by Crippen LogP contribution is 2.07. The minimum atomic E-state index is -3.13. The Morgan fingerprint density at radius 1 is 1.44 bits per heavy atom. The Kier molecular flexibility index (Phi) is 6.29. The molecule has 0 spiro atoms. The summed E-state index contributed by atoms with van der Waals surface area (Å²) in [6.45, 7) is 10.3. The second-order valence-corrected chi connectivity index (χ2v) is 6.01. The summed E-state index contributed by atoms with van der Waals surface area (Å²) in [6.07, 6.45) is 6.84. The Morgan fingerprint density at radius 2 is 2.00 bits per heavy atom. The molecule has 0 radical (unpaired) electrons. The lowest BCUT2D eigenvalue weighted by atomic mass is 10.1. The Balaban J connectivity index is 4.17. The number of nitrogens with one attached hydrogen (secondary N) is 1. The zero-order chi connectivity index (χ0) is 12.8. The van der Waals surface area contributed by atoms with Gasteiger partial charge in [0.15, 0.2) is 0 Å². The highest BCUT2D eigenvalue weighted by Gasteiger charge is 1.99. The standard InChI is InChI=1S/C12H21NO2S/c1-10(2)12(4)8-6-7-11(3)9-13-16(5,14)15/h6-8,10,13H,3,9H2,1-2,4-5H3/b7-6-,12-8+. The van der Waals surface area contributed by atoms with Crippen LogP contribution < -0.4 is 4.72 Å². The normalized spacial score (nSPS) is 13.7. The predicted molar refractivity (Wildman–Crippen MR) is 69.7 cm³/mol. The molecule has 0 atom stereocenters. The van der Waals surface area contributed by atoms with Crippen molar-refractivity contribution < 1.29 is 8.42 Å². The summed E-state index contributed by atoms with van der Waals surface area (Å²) in [6, 6.07) is 0. The molecule has 3 nitrogen and oxygen atoms in total. The van der Waals surface area contributed by atoms with Crippen LogP contribution in [0.5, 0.6) is 0 Å². The third-order valence-corrected chi connectivity index (χ3v) is 2.83. The molecule has 0 aromatic rings. The maximum atomic E-state index is 10.8. The van der Waals surface area contributed by atoms with Crippen molar-refractivity contribution in [2.24, 2.45) is 5.92 Å². The summed E-state index contributed by atoms with van der Waals surface area (Å²) < 4.78 is 24.0. The van der Waals surface area contributed by atoms with Gasteiger partial charge >= 0.3 is 0 Å². The van der Waals surface area contributed by atoms with Crippen LogP contribution in [0.2, 0.25) is 0 Å². The lowest BCUT2D eigenvalue weighted by Crippen LogP contribution is -2.23. The molecule has 0 aliphatic carbocycles. The first-order chi connectivity index (χ1) is 7.22. The second-order valence-electron chi connectivity index (χ2n) is 4.18. The first kappa shape index (κ1) is 15.1.